The zero-order valence-electron chi connectivity index (χ0n) is 16.1. The van der Waals surface area contributed by atoms with Crippen LogP contribution in [0.2, 0.25) is 10.0 Å². The lowest BCUT2D eigenvalue weighted by Crippen LogP contribution is -2.30. The number of hydrogen-bond donors (Lipinski definition) is 4. The summed E-state index contributed by atoms with van der Waals surface area (Å²) in [6, 6.07) is 4.51. The lowest BCUT2D eigenvalue weighted by Gasteiger charge is -2.15. The number of nitrogens with zero attached hydrogens (tertiary/aromatic N) is 1. The number of rotatable bonds is 9. The maximum absolute atomic E-state index is 14.2. The lowest BCUT2D eigenvalue weighted by molar-refractivity contribution is -0.137. The number of carbonyl (C=O) groups is 2. The van der Waals surface area contributed by atoms with Crippen LogP contribution in [0.4, 0.5) is 10.2 Å². The minimum atomic E-state index is -1.17. The Balaban J connectivity index is 2.18. The molecule has 0 spiro atoms. The molecule has 1 aromatic heterocycles. The van der Waals surface area contributed by atoms with Crippen molar-refractivity contribution in [3.05, 3.63) is 39.8 Å². The fraction of sp³-hybridized carbons (Fsp3) is 0.316. The summed E-state index contributed by atoms with van der Waals surface area (Å²) in [6.45, 7) is 3.28. The Morgan fingerprint density at radius 2 is 1.97 bits per heavy atom. The molecule has 0 saturated heterocycles. The van der Waals surface area contributed by atoms with E-state index in [9.17, 15) is 19.1 Å². The average Bonchev–Trinajstić information content (AvgIpc) is 2.68. The molecule has 0 radical (unpaired) electrons. The van der Waals surface area contributed by atoms with E-state index < -0.39 is 29.4 Å². The molecule has 0 aliphatic rings. The van der Waals surface area contributed by atoms with Crippen molar-refractivity contribution in [3.8, 4) is 17.2 Å². The van der Waals surface area contributed by atoms with Crippen LogP contribution in [0.5, 0.6) is 17.2 Å². The predicted molar refractivity (Wildman–Crippen MR) is 110 cm³/mol. The zero-order chi connectivity index (χ0) is 22.4. The molecule has 2 aromatic rings. The quantitative estimate of drug-likeness (QED) is 0.415. The number of pyridine rings is 1. The topological polar surface area (TPSA) is 121 Å². The number of carboxylic acids is 1. The average molecular weight is 460 g/mol. The summed E-state index contributed by atoms with van der Waals surface area (Å²) in [5.41, 5.74) is 0.625. The first kappa shape index (κ1) is 23.5. The summed E-state index contributed by atoms with van der Waals surface area (Å²) in [5.74, 6) is -2.60. The number of carboxylic acid groups (broad SMARTS) is 1. The van der Waals surface area contributed by atoms with Gasteiger partial charge in [-0.25, -0.2) is 0 Å². The molecule has 8 nitrogen and oxygen atoms in total. The third-order valence-electron chi connectivity index (χ3n) is 3.92. The highest BCUT2D eigenvalue weighted by Crippen LogP contribution is 2.42. The van der Waals surface area contributed by atoms with Gasteiger partial charge < -0.3 is 25.6 Å². The molecule has 0 unspecified atom stereocenters. The van der Waals surface area contributed by atoms with Gasteiger partial charge in [-0.1, -0.05) is 37.0 Å². The van der Waals surface area contributed by atoms with Crippen molar-refractivity contribution in [1.82, 2.24) is 10.3 Å². The minimum Gasteiger partial charge on any atom is -0.508 e. The van der Waals surface area contributed by atoms with E-state index in [-0.39, 0.29) is 47.0 Å². The van der Waals surface area contributed by atoms with Gasteiger partial charge in [0.05, 0.1) is 0 Å². The van der Waals surface area contributed by atoms with Crippen LogP contribution in [0, 0.1) is 5.95 Å². The van der Waals surface area contributed by atoms with Crippen LogP contribution in [-0.4, -0.2) is 40.2 Å². The molecule has 0 bridgehead atoms. The Morgan fingerprint density at radius 3 is 2.60 bits per heavy atom. The number of benzene rings is 1. The Bertz CT molecular complexity index is 956. The summed E-state index contributed by atoms with van der Waals surface area (Å²) in [7, 11) is 0. The van der Waals surface area contributed by atoms with Gasteiger partial charge in [0.15, 0.2) is 11.6 Å². The van der Waals surface area contributed by atoms with Gasteiger partial charge in [-0.3, -0.25) is 9.59 Å². The Morgan fingerprint density at radius 1 is 1.27 bits per heavy atom. The maximum atomic E-state index is 14.2. The molecule has 4 N–H and O–H groups in total. The van der Waals surface area contributed by atoms with Crippen LogP contribution < -0.4 is 15.4 Å². The van der Waals surface area contributed by atoms with Gasteiger partial charge in [0.25, 0.3) is 0 Å². The second-order valence-corrected chi connectivity index (χ2v) is 7.29. The van der Waals surface area contributed by atoms with Crippen LogP contribution in [0.3, 0.4) is 0 Å². The van der Waals surface area contributed by atoms with Gasteiger partial charge in [0.2, 0.25) is 11.9 Å². The lowest BCUT2D eigenvalue weighted by atomic mass is 10.0. The van der Waals surface area contributed by atoms with Crippen LogP contribution in [-0.2, 0) is 9.59 Å². The van der Waals surface area contributed by atoms with Gasteiger partial charge in [0.1, 0.15) is 28.1 Å². The van der Waals surface area contributed by atoms with Gasteiger partial charge in [-0.15, -0.1) is 0 Å². The molecule has 30 heavy (non-hydrogen) atoms. The Hall–Kier alpha value is -2.78. The molecule has 1 heterocycles. The molecule has 1 aromatic carbocycles. The van der Waals surface area contributed by atoms with Gasteiger partial charge in [0, 0.05) is 18.5 Å². The summed E-state index contributed by atoms with van der Waals surface area (Å²) in [4.78, 5) is 25.6. The monoisotopic (exact) mass is 459 g/mol. The number of ether oxygens (including phenoxy) is 1. The van der Waals surface area contributed by atoms with E-state index in [1.807, 2.05) is 13.8 Å². The smallest absolute Gasteiger partial charge is 0.322 e. The molecule has 11 heteroatoms. The van der Waals surface area contributed by atoms with Gasteiger partial charge in [-0.05, 0) is 24.1 Å². The number of carbonyl (C=O) groups excluding carboxylic acids is 1. The number of nitrogens with one attached hydrogen (secondary N) is 2. The van der Waals surface area contributed by atoms with Crippen molar-refractivity contribution >= 4 is 40.9 Å². The van der Waals surface area contributed by atoms with Crippen molar-refractivity contribution in [2.45, 2.75) is 26.2 Å². The fourth-order valence-electron chi connectivity index (χ4n) is 2.43. The highest BCUT2D eigenvalue weighted by molar-refractivity contribution is 6.38. The summed E-state index contributed by atoms with van der Waals surface area (Å²) in [6.07, 6.45) is -0.0958. The van der Waals surface area contributed by atoms with E-state index in [0.717, 1.165) is 0 Å². The Labute approximate surface area is 182 Å². The molecule has 0 aliphatic carbocycles. The predicted octanol–water partition coefficient (Wildman–Crippen LogP) is 4.15. The first-order valence-electron chi connectivity index (χ1n) is 8.87. The molecule has 1 amide bonds. The molecule has 162 valence electrons. The number of anilines is 1. The second-order valence-electron chi connectivity index (χ2n) is 6.53. The van der Waals surface area contributed by atoms with Crippen molar-refractivity contribution in [1.29, 1.82) is 0 Å². The van der Waals surface area contributed by atoms with Crippen LogP contribution >= 0.6 is 23.2 Å². The number of aromatic hydroxyl groups is 1. The third kappa shape index (κ3) is 6.11. The van der Waals surface area contributed by atoms with E-state index >= 15 is 0 Å². The van der Waals surface area contributed by atoms with Crippen molar-refractivity contribution in [3.63, 3.8) is 0 Å². The molecule has 0 fully saturated rings. The first-order chi connectivity index (χ1) is 14.1. The SMILES string of the molecule is CC(C)c1cc(Oc2c(Cl)c(F)nc(NCCC(=O)NCC(=O)O)c2Cl)ccc1O. The molecule has 0 saturated carbocycles. The zero-order valence-corrected chi connectivity index (χ0v) is 17.6. The minimum absolute atomic E-state index is 0.00932. The van der Waals surface area contributed by atoms with E-state index in [1.54, 1.807) is 6.07 Å². The van der Waals surface area contributed by atoms with Crippen LogP contribution in [0.25, 0.3) is 0 Å². The van der Waals surface area contributed by atoms with Gasteiger partial charge >= 0.3 is 5.97 Å². The number of phenolic OH excluding ortho intramolecular Hbond substituents is 1. The molecule has 0 atom stereocenters. The van der Waals surface area contributed by atoms with Crippen LogP contribution in [0.1, 0.15) is 31.7 Å². The van der Waals surface area contributed by atoms with Crippen molar-refractivity contribution in [2.24, 2.45) is 0 Å². The van der Waals surface area contributed by atoms with Crippen LogP contribution in [0.15, 0.2) is 18.2 Å². The summed E-state index contributed by atoms with van der Waals surface area (Å²) >= 11 is 12.2. The van der Waals surface area contributed by atoms with E-state index in [2.05, 4.69) is 15.6 Å². The standard InChI is InChI=1S/C19H20Cl2FN3O5/c1-9(2)11-7-10(3-4-12(11)26)30-17-15(20)18(22)25-19(16(17)21)23-6-5-13(27)24-8-14(28)29/h3-4,7,9,26H,5-6,8H2,1-2H3,(H,23,25)(H,24,27)(H,28,29). The number of amides is 1. The number of halogens is 3. The molecular formula is C19H20Cl2FN3O5. The summed E-state index contributed by atoms with van der Waals surface area (Å²) < 4.78 is 19.8. The highest BCUT2D eigenvalue weighted by Gasteiger charge is 2.20. The number of hydrogen-bond acceptors (Lipinski definition) is 6. The molecular weight excluding hydrogens is 440 g/mol. The highest BCUT2D eigenvalue weighted by atomic mass is 35.5. The normalized spacial score (nSPS) is 10.7. The second kappa shape index (κ2) is 10.3. The summed E-state index contributed by atoms with van der Waals surface area (Å²) in [5, 5.41) is 22.8. The third-order valence-corrected chi connectivity index (χ3v) is 4.60. The fourth-order valence-corrected chi connectivity index (χ4v) is 2.90. The van der Waals surface area contributed by atoms with Crippen molar-refractivity contribution < 1.29 is 28.9 Å². The number of aromatic nitrogens is 1. The number of phenols is 1. The number of aliphatic carboxylic acids is 1. The van der Waals surface area contributed by atoms with E-state index in [0.29, 0.717) is 5.56 Å². The molecule has 0 aliphatic heterocycles. The largest absolute Gasteiger partial charge is 0.508 e. The van der Waals surface area contributed by atoms with Crippen molar-refractivity contribution in [2.75, 3.05) is 18.4 Å². The Kier molecular flexibility index (Phi) is 8.08. The van der Waals surface area contributed by atoms with E-state index in [4.69, 9.17) is 33.0 Å². The first-order valence-corrected chi connectivity index (χ1v) is 9.63. The van der Waals surface area contributed by atoms with E-state index in [1.165, 1.54) is 12.1 Å². The molecule has 2 rings (SSSR count). The van der Waals surface area contributed by atoms with Gasteiger partial charge in [-0.2, -0.15) is 9.37 Å². The maximum Gasteiger partial charge on any atom is 0.322 e.